The maximum atomic E-state index is 13.8. The second kappa shape index (κ2) is 7.67. The molecule has 5 nitrogen and oxygen atoms in total. The van der Waals surface area contributed by atoms with Gasteiger partial charge in [0.15, 0.2) is 6.35 Å². The van der Waals surface area contributed by atoms with Crippen LogP contribution < -0.4 is 4.74 Å². The minimum absolute atomic E-state index is 0.0151. The zero-order chi connectivity index (χ0) is 21.6. The Hall–Kier alpha value is -2.02. The fraction of sp³-hybridized carbons (Fsp3) is 0.400. The van der Waals surface area contributed by atoms with Crippen molar-refractivity contribution < 1.29 is 37.4 Å². The molecule has 3 N–H and O–H groups in total. The standard InChI is InChI=1S/C20H22F3O5P/c1-11(2)16-8-12(4-6-18(16)24)15-5-3-13-7-14(28-10-29(25,26)27)9-17(19(13)15)20(21,22)23/h4,6-9,11,15,24H,3,5,10H2,1-2H3,(H2,25,26,27)/t15-/m0/s1. The lowest BCUT2D eigenvalue weighted by Gasteiger charge is -2.21. The number of phenolic OH excluding ortho intramolecular Hbond substituents is 1. The van der Waals surface area contributed by atoms with Crippen LogP contribution in [-0.2, 0) is 17.2 Å². The van der Waals surface area contributed by atoms with Crippen molar-refractivity contribution in [3.8, 4) is 11.5 Å². The molecule has 3 rings (SSSR count). The Morgan fingerprint density at radius 3 is 2.48 bits per heavy atom. The first-order chi connectivity index (χ1) is 13.4. The van der Waals surface area contributed by atoms with Crippen molar-refractivity contribution in [3.05, 3.63) is 58.1 Å². The Bertz CT molecular complexity index is 965. The van der Waals surface area contributed by atoms with Gasteiger partial charge in [-0.05, 0) is 59.2 Å². The molecule has 0 heterocycles. The molecule has 0 radical (unpaired) electrons. The summed E-state index contributed by atoms with van der Waals surface area (Å²) >= 11 is 0. The van der Waals surface area contributed by atoms with E-state index in [1.807, 2.05) is 13.8 Å². The van der Waals surface area contributed by atoms with Gasteiger partial charge in [-0.15, -0.1) is 0 Å². The number of ether oxygens (including phenoxy) is 1. The minimum Gasteiger partial charge on any atom is -0.508 e. The van der Waals surface area contributed by atoms with E-state index in [1.165, 1.54) is 12.1 Å². The number of benzene rings is 2. The van der Waals surface area contributed by atoms with E-state index in [0.29, 0.717) is 29.5 Å². The predicted molar refractivity (Wildman–Crippen MR) is 101 cm³/mol. The summed E-state index contributed by atoms with van der Waals surface area (Å²) in [4.78, 5) is 17.9. The van der Waals surface area contributed by atoms with Gasteiger partial charge >= 0.3 is 13.8 Å². The van der Waals surface area contributed by atoms with E-state index in [1.54, 1.807) is 12.1 Å². The largest absolute Gasteiger partial charge is 0.508 e. The molecule has 0 saturated carbocycles. The smallest absolute Gasteiger partial charge is 0.416 e. The summed E-state index contributed by atoms with van der Waals surface area (Å²) in [5.74, 6) is -0.579. The molecule has 0 amide bonds. The molecular weight excluding hydrogens is 408 g/mol. The van der Waals surface area contributed by atoms with Crippen LogP contribution >= 0.6 is 7.60 Å². The Kier molecular flexibility index (Phi) is 5.73. The average molecular weight is 430 g/mol. The van der Waals surface area contributed by atoms with E-state index in [9.17, 15) is 22.8 Å². The maximum Gasteiger partial charge on any atom is 0.416 e. The quantitative estimate of drug-likeness (QED) is 0.573. The number of fused-ring (bicyclic) bond motifs is 1. The van der Waals surface area contributed by atoms with Crippen LogP contribution in [-0.4, -0.2) is 21.2 Å². The van der Waals surface area contributed by atoms with Crippen LogP contribution in [0, 0.1) is 0 Å². The van der Waals surface area contributed by atoms with Crippen molar-refractivity contribution in [2.24, 2.45) is 0 Å². The van der Waals surface area contributed by atoms with Gasteiger partial charge < -0.3 is 19.6 Å². The summed E-state index contributed by atoms with van der Waals surface area (Å²) in [5, 5.41) is 10.0. The zero-order valence-corrected chi connectivity index (χ0v) is 16.8. The number of halogens is 3. The zero-order valence-electron chi connectivity index (χ0n) is 15.9. The maximum absolute atomic E-state index is 13.8. The number of aromatic hydroxyl groups is 1. The predicted octanol–water partition coefficient (Wildman–Crippen LogP) is 5.13. The van der Waals surface area contributed by atoms with Gasteiger partial charge in [0.25, 0.3) is 0 Å². The molecule has 158 valence electrons. The van der Waals surface area contributed by atoms with Crippen molar-refractivity contribution in [1.29, 1.82) is 0 Å². The lowest BCUT2D eigenvalue weighted by molar-refractivity contribution is -0.138. The molecule has 1 aliphatic rings. The Balaban J connectivity index is 2.07. The van der Waals surface area contributed by atoms with Gasteiger partial charge in [0.1, 0.15) is 11.5 Å². The van der Waals surface area contributed by atoms with Gasteiger partial charge in [0.2, 0.25) is 0 Å². The van der Waals surface area contributed by atoms with Crippen molar-refractivity contribution in [2.75, 3.05) is 6.35 Å². The molecule has 1 atom stereocenters. The highest BCUT2D eigenvalue weighted by molar-refractivity contribution is 7.51. The third-order valence-electron chi connectivity index (χ3n) is 5.07. The normalized spacial score (nSPS) is 16.9. The monoisotopic (exact) mass is 430 g/mol. The van der Waals surface area contributed by atoms with Gasteiger partial charge in [0.05, 0.1) is 5.56 Å². The van der Waals surface area contributed by atoms with Crippen LogP contribution in [0.2, 0.25) is 0 Å². The van der Waals surface area contributed by atoms with Gasteiger partial charge in [-0.3, -0.25) is 4.57 Å². The van der Waals surface area contributed by atoms with E-state index in [4.69, 9.17) is 14.5 Å². The highest BCUT2D eigenvalue weighted by Crippen LogP contribution is 2.48. The van der Waals surface area contributed by atoms with Crippen molar-refractivity contribution >= 4 is 7.60 Å². The first-order valence-electron chi connectivity index (χ1n) is 9.11. The van der Waals surface area contributed by atoms with Gasteiger partial charge in [-0.25, -0.2) is 0 Å². The molecule has 0 unspecified atom stereocenters. The van der Waals surface area contributed by atoms with Gasteiger partial charge in [-0.2, -0.15) is 13.2 Å². The van der Waals surface area contributed by atoms with E-state index < -0.39 is 31.6 Å². The summed E-state index contributed by atoms with van der Waals surface area (Å²) < 4.78 is 57.4. The van der Waals surface area contributed by atoms with Crippen LogP contribution in [0.25, 0.3) is 0 Å². The van der Waals surface area contributed by atoms with E-state index in [0.717, 1.165) is 6.07 Å². The molecule has 0 aromatic heterocycles. The van der Waals surface area contributed by atoms with Gasteiger partial charge in [0, 0.05) is 5.92 Å². The molecule has 2 aromatic carbocycles. The molecule has 0 fully saturated rings. The molecule has 1 aliphatic carbocycles. The van der Waals surface area contributed by atoms with Crippen LogP contribution in [0.5, 0.6) is 11.5 Å². The van der Waals surface area contributed by atoms with E-state index in [-0.39, 0.29) is 23.0 Å². The van der Waals surface area contributed by atoms with Crippen LogP contribution in [0.4, 0.5) is 13.2 Å². The summed E-state index contributed by atoms with van der Waals surface area (Å²) in [6, 6.07) is 7.12. The Morgan fingerprint density at radius 2 is 1.90 bits per heavy atom. The average Bonchev–Trinajstić information content (AvgIpc) is 3.02. The summed E-state index contributed by atoms with van der Waals surface area (Å²) in [5.41, 5.74) is 1.11. The van der Waals surface area contributed by atoms with E-state index >= 15 is 0 Å². The number of hydrogen-bond acceptors (Lipinski definition) is 3. The molecule has 0 spiro atoms. The minimum atomic E-state index is -4.65. The summed E-state index contributed by atoms with van der Waals surface area (Å²) in [6.45, 7) is 3.79. The first-order valence-corrected chi connectivity index (χ1v) is 10.9. The third-order valence-corrected chi connectivity index (χ3v) is 5.54. The number of hydrogen-bond donors (Lipinski definition) is 3. The molecule has 2 aromatic rings. The van der Waals surface area contributed by atoms with Crippen LogP contribution in [0.3, 0.4) is 0 Å². The van der Waals surface area contributed by atoms with Gasteiger partial charge in [-0.1, -0.05) is 26.0 Å². The summed E-state index contributed by atoms with van der Waals surface area (Å²) in [7, 11) is -4.51. The molecule has 0 saturated heterocycles. The molecule has 29 heavy (non-hydrogen) atoms. The lowest BCUT2D eigenvalue weighted by atomic mass is 9.87. The molecule has 0 bridgehead atoms. The first kappa shape index (κ1) is 21.7. The summed E-state index contributed by atoms with van der Waals surface area (Å²) in [6.07, 6.45) is -4.79. The van der Waals surface area contributed by atoms with Crippen molar-refractivity contribution in [1.82, 2.24) is 0 Å². The topological polar surface area (TPSA) is 87.0 Å². The fourth-order valence-electron chi connectivity index (χ4n) is 3.81. The number of aryl methyl sites for hydroxylation is 1. The third kappa shape index (κ3) is 4.77. The van der Waals surface area contributed by atoms with E-state index in [2.05, 4.69) is 0 Å². The number of rotatable bonds is 5. The Labute approximate surface area is 166 Å². The SMILES string of the molecule is CC(C)c1cc([C@@H]2CCc3cc(OCP(=O)(O)O)cc(C(F)(F)F)c32)ccc1O. The highest BCUT2D eigenvalue weighted by Gasteiger charge is 2.40. The fourth-order valence-corrected chi connectivity index (χ4v) is 4.13. The molecule has 0 aliphatic heterocycles. The molecular formula is C20H22F3O5P. The number of phenols is 1. The second-order valence-corrected chi connectivity index (χ2v) is 9.13. The van der Waals surface area contributed by atoms with Crippen LogP contribution in [0.15, 0.2) is 30.3 Å². The van der Waals surface area contributed by atoms with Crippen molar-refractivity contribution in [2.45, 2.75) is 44.7 Å². The van der Waals surface area contributed by atoms with Crippen LogP contribution in [0.1, 0.15) is 59.9 Å². The Morgan fingerprint density at radius 1 is 1.21 bits per heavy atom. The van der Waals surface area contributed by atoms with Crippen molar-refractivity contribution in [3.63, 3.8) is 0 Å². The highest BCUT2D eigenvalue weighted by atomic mass is 31.2. The lowest BCUT2D eigenvalue weighted by Crippen LogP contribution is -2.13. The number of alkyl halides is 3. The molecule has 9 heteroatoms. The second-order valence-electron chi connectivity index (χ2n) is 7.54.